The molecule has 1 aromatic rings. The van der Waals surface area contributed by atoms with Crippen LogP contribution < -0.4 is 0 Å². The van der Waals surface area contributed by atoms with Crippen LogP contribution in [0.5, 0.6) is 0 Å². The molecule has 1 rings (SSSR count). The summed E-state index contributed by atoms with van der Waals surface area (Å²) in [7, 11) is 0. The SMILES string of the molecule is N#Cc1cc(S)cnc1F. The Labute approximate surface area is 62.7 Å². The lowest BCUT2D eigenvalue weighted by Gasteiger charge is -1.91. The van der Waals surface area contributed by atoms with Gasteiger partial charge in [0, 0.05) is 11.1 Å². The molecule has 50 valence electrons. The molecule has 0 fully saturated rings. The Bertz CT molecular complexity index is 292. The van der Waals surface area contributed by atoms with Crippen LogP contribution in [0, 0.1) is 17.3 Å². The smallest absolute Gasteiger partial charge is 0.226 e. The molecule has 0 amide bonds. The molecule has 4 heteroatoms. The molecule has 0 radical (unpaired) electrons. The normalized spacial score (nSPS) is 8.90. The van der Waals surface area contributed by atoms with Crippen molar-refractivity contribution in [2.45, 2.75) is 4.90 Å². The van der Waals surface area contributed by atoms with Crippen LogP contribution in [0.3, 0.4) is 0 Å². The largest absolute Gasteiger partial charge is 0.230 e. The Kier molecular flexibility index (Phi) is 1.88. The Balaban J connectivity index is 3.25. The van der Waals surface area contributed by atoms with E-state index in [4.69, 9.17) is 5.26 Å². The van der Waals surface area contributed by atoms with Gasteiger partial charge in [0.05, 0.1) is 0 Å². The van der Waals surface area contributed by atoms with E-state index in [0.29, 0.717) is 4.90 Å². The molecule has 0 aliphatic heterocycles. The van der Waals surface area contributed by atoms with Crippen LogP contribution in [0.4, 0.5) is 4.39 Å². The predicted octanol–water partition coefficient (Wildman–Crippen LogP) is 1.38. The van der Waals surface area contributed by atoms with Crippen molar-refractivity contribution in [3.05, 3.63) is 23.8 Å². The van der Waals surface area contributed by atoms with Crippen LogP contribution in [-0.2, 0) is 0 Å². The van der Waals surface area contributed by atoms with Crippen molar-refractivity contribution in [3.63, 3.8) is 0 Å². The lowest BCUT2D eigenvalue weighted by atomic mass is 10.3. The van der Waals surface area contributed by atoms with E-state index in [-0.39, 0.29) is 5.56 Å². The van der Waals surface area contributed by atoms with Gasteiger partial charge < -0.3 is 0 Å². The lowest BCUT2D eigenvalue weighted by Crippen LogP contribution is -1.87. The highest BCUT2D eigenvalue weighted by Crippen LogP contribution is 2.08. The van der Waals surface area contributed by atoms with Crippen LogP contribution in [-0.4, -0.2) is 4.98 Å². The third-order valence-corrected chi connectivity index (χ3v) is 1.19. The van der Waals surface area contributed by atoms with E-state index in [1.54, 1.807) is 6.07 Å². The zero-order valence-corrected chi connectivity index (χ0v) is 5.77. The number of hydrogen-bond acceptors (Lipinski definition) is 3. The van der Waals surface area contributed by atoms with E-state index in [0.717, 1.165) is 0 Å². The van der Waals surface area contributed by atoms with E-state index in [1.165, 1.54) is 12.3 Å². The minimum atomic E-state index is -0.750. The first-order chi connectivity index (χ1) is 4.74. The van der Waals surface area contributed by atoms with Gasteiger partial charge >= 0.3 is 0 Å². The third kappa shape index (κ3) is 1.25. The lowest BCUT2D eigenvalue weighted by molar-refractivity contribution is 0.577. The molecule has 0 unspecified atom stereocenters. The van der Waals surface area contributed by atoms with Gasteiger partial charge in [0.15, 0.2) is 0 Å². The molecular formula is C6H3FN2S. The van der Waals surface area contributed by atoms with Crippen molar-refractivity contribution in [3.8, 4) is 6.07 Å². The standard InChI is InChI=1S/C6H3FN2S/c7-6-4(2-8)1-5(10)3-9-6/h1,3,10H. The molecule has 10 heavy (non-hydrogen) atoms. The van der Waals surface area contributed by atoms with Gasteiger partial charge in [0.2, 0.25) is 5.95 Å². The molecule has 0 saturated heterocycles. The molecule has 0 aromatic carbocycles. The van der Waals surface area contributed by atoms with Gasteiger partial charge in [-0.25, -0.2) is 4.98 Å². The van der Waals surface area contributed by atoms with E-state index < -0.39 is 5.95 Å². The second-order valence-corrected chi connectivity index (χ2v) is 2.16. The number of rotatable bonds is 0. The Hall–Kier alpha value is -1.08. The summed E-state index contributed by atoms with van der Waals surface area (Å²) in [4.78, 5) is 3.77. The minimum absolute atomic E-state index is 0.0764. The van der Waals surface area contributed by atoms with Crippen molar-refractivity contribution in [1.82, 2.24) is 4.98 Å². The second-order valence-electron chi connectivity index (χ2n) is 1.64. The second kappa shape index (κ2) is 2.67. The van der Waals surface area contributed by atoms with Gasteiger partial charge in [-0.3, -0.25) is 0 Å². The van der Waals surface area contributed by atoms with E-state index in [1.807, 2.05) is 0 Å². The van der Waals surface area contributed by atoms with Crippen molar-refractivity contribution in [2.24, 2.45) is 0 Å². The summed E-state index contributed by atoms with van der Waals surface area (Å²) in [6.07, 6.45) is 1.25. The molecular weight excluding hydrogens is 151 g/mol. The summed E-state index contributed by atoms with van der Waals surface area (Å²) in [5, 5.41) is 8.28. The number of nitriles is 1. The maximum absolute atomic E-state index is 12.4. The number of hydrogen-bond donors (Lipinski definition) is 1. The fourth-order valence-electron chi connectivity index (χ4n) is 0.515. The van der Waals surface area contributed by atoms with Crippen molar-refractivity contribution in [2.75, 3.05) is 0 Å². The van der Waals surface area contributed by atoms with Gasteiger partial charge in [-0.2, -0.15) is 9.65 Å². The van der Waals surface area contributed by atoms with Crippen LogP contribution in [0.25, 0.3) is 0 Å². The molecule has 0 spiro atoms. The highest BCUT2D eigenvalue weighted by Gasteiger charge is 2.00. The van der Waals surface area contributed by atoms with Crippen LogP contribution in [0.15, 0.2) is 17.2 Å². The van der Waals surface area contributed by atoms with Crippen LogP contribution in [0.2, 0.25) is 0 Å². The average molecular weight is 154 g/mol. The number of nitrogens with zero attached hydrogens (tertiary/aromatic N) is 2. The number of aromatic nitrogens is 1. The molecule has 1 heterocycles. The quantitative estimate of drug-likeness (QED) is 0.452. The Morgan fingerprint density at radius 1 is 1.70 bits per heavy atom. The zero-order chi connectivity index (χ0) is 7.56. The first-order valence-electron chi connectivity index (χ1n) is 2.48. The molecule has 2 nitrogen and oxygen atoms in total. The number of pyridine rings is 1. The van der Waals surface area contributed by atoms with Gasteiger partial charge in [-0.05, 0) is 6.07 Å². The summed E-state index contributed by atoms with van der Waals surface area (Å²) >= 11 is 3.88. The molecule has 0 atom stereocenters. The van der Waals surface area contributed by atoms with E-state index in [9.17, 15) is 4.39 Å². The molecule has 0 saturated carbocycles. The summed E-state index contributed by atoms with van der Waals surface area (Å²) in [6, 6.07) is 2.97. The van der Waals surface area contributed by atoms with Gasteiger partial charge in [-0.1, -0.05) is 0 Å². The maximum Gasteiger partial charge on any atom is 0.230 e. The average Bonchev–Trinajstić information content (AvgIpc) is 1.94. The van der Waals surface area contributed by atoms with E-state index >= 15 is 0 Å². The summed E-state index contributed by atoms with van der Waals surface area (Å²) < 4.78 is 12.4. The van der Waals surface area contributed by atoms with Gasteiger partial charge in [0.1, 0.15) is 11.6 Å². The fraction of sp³-hybridized carbons (Fsp3) is 0. The van der Waals surface area contributed by atoms with Crippen molar-refractivity contribution < 1.29 is 4.39 Å². The number of halogens is 1. The summed E-state index contributed by atoms with van der Waals surface area (Å²) in [5.41, 5.74) is -0.0764. The molecule has 0 aliphatic rings. The van der Waals surface area contributed by atoms with Crippen LogP contribution in [0.1, 0.15) is 5.56 Å². The van der Waals surface area contributed by atoms with E-state index in [2.05, 4.69) is 17.6 Å². The monoisotopic (exact) mass is 154 g/mol. The highest BCUT2D eigenvalue weighted by atomic mass is 32.1. The fourth-order valence-corrected chi connectivity index (χ4v) is 0.702. The van der Waals surface area contributed by atoms with Crippen LogP contribution >= 0.6 is 12.6 Å². The Morgan fingerprint density at radius 3 is 2.90 bits per heavy atom. The molecule has 0 N–H and O–H groups in total. The van der Waals surface area contributed by atoms with Crippen molar-refractivity contribution in [1.29, 1.82) is 5.26 Å². The van der Waals surface area contributed by atoms with Gasteiger partial charge in [0.25, 0.3) is 0 Å². The topological polar surface area (TPSA) is 36.7 Å². The molecule has 0 aliphatic carbocycles. The third-order valence-electron chi connectivity index (χ3n) is 0.945. The zero-order valence-electron chi connectivity index (χ0n) is 4.87. The number of thiol groups is 1. The van der Waals surface area contributed by atoms with Gasteiger partial charge in [-0.15, -0.1) is 12.6 Å². The molecule has 1 aromatic heterocycles. The summed E-state index contributed by atoms with van der Waals surface area (Å²) in [5.74, 6) is -0.750. The van der Waals surface area contributed by atoms with Crippen molar-refractivity contribution >= 4 is 12.6 Å². The first-order valence-corrected chi connectivity index (χ1v) is 2.93. The maximum atomic E-state index is 12.4. The Morgan fingerprint density at radius 2 is 2.40 bits per heavy atom. The predicted molar refractivity (Wildman–Crippen MR) is 36.2 cm³/mol. The minimum Gasteiger partial charge on any atom is -0.226 e. The summed E-state index contributed by atoms with van der Waals surface area (Å²) in [6.45, 7) is 0. The molecule has 0 bridgehead atoms. The highest BCUT2D eigenvalue weighted by molar-refractivity contribution is 7.80. The first kappa shape index (κ1) is 7.03.